The molecule has 2 atom stereocenters. The summed E-state index contributed by atoms with van der Waals surface area (Å²) in [7, 11) is -0.478. The van der Waals surface area contributed by atoms with Crippen molar-refractivity contribution in [3.63, 3.8) is 0 Å². The highest BCUT2D eigenvalue weighted by molar-refractivity contribution is 7.85. The molecule has 0 spiro atoms. The minimum absolute atomic E-state index is 0.478. The highest BCUT2D eigenvalue weighted by Crippen LogP contribution is 2.17. The van der Waals surface area contributed by atoms with Crippen LogP contribution in [-0.4, -0.2) is 15.2 Å². The first-order valence-corrected chi connectivity index (χ1v) is 5.10. The lowest BCUT2D eigenvalue weighted by Crippen LogP contribution is -2.21. The van der Waals surface area contributed by atoms with Crippen molar-refractivity contribution in [3.05, 3.63) is 0 Å². The molecule has 2 heteroatoms. The van der Waals surface area contributed by atoms with Gasteiger partial charge in [-0.05, 0) is 19.3 Å². The van der Waals surface area contributed by atoms with E-state index in [1.807, 2.05) is 0 Å². The maximum atomic E-state index is 11.1. The van der Waals surface area contributed by atoms with Crippen molar-refractivity contribution in [2.24, 2.45) is 0 Å². The van der Waals surface area contributed by atoms with Gasteiger partial charge in [-0.25, -0.2) is 0 Å². The molecule has 1 saturated heterocycles. The average Bonchev–Trinajstić information content (AvgIpc) is 1.89. The minimum atomic E-state index is -0.478. The first-order chi connectivity index (χ1) is 4.34. The van der Waals surface area contributed by atoms with E-state index in [0.29, 0.717) is 5.25 Å². The fourth-order valence-electron chi connectivity index (χ4n) is 1.30. The SMILES string of the molecule is CC[C@H]1CCCC[S@@]1=O. The number of hydrogen-bond acceptors (Lipinski definition) is 1. The molecule has 0 saturated carbocycles. The molecule has 0 radical (unpaired) electrons. The topological polar surface area (TPSA) is 17.1 Å². The molecule has 0 aliphatic carbocycles. The summed E-state index contributed by atoms with van der Waals surface area (Å²) in [6, 6.07) is 0. The van der Waals surface area contributed by atoms with Gasteiger partial charge >= 0.3 is 0 Å². The maximum Gasteiger partial charge on any atom is 0.0345 e. The lowest BCUT2D eigenvalue weighted by atomic mass is 10.1. The van der Waals surface area contributed by atoms with Crippen molar-refractivity contribution in [1.29, 1.82) is 0 Å². The van der Waals surface area contributed by atoms with Gasteiger partial charge in [-0.15, -0.1) is 0 Å². The van der Waals surface area contributed by atoms with Crippen LogP contribution < -0.4 is 0 Å². The first kappa shape index (κ1) is 7.26. The van der Waals surface area contributed by atoms with Crippen molar-refractivity contribution in [2.75, 3.05) is 5.75 Å². The third-order valence-corrected chi connectivity index (χ3v) is 3.95. The molecule has 0 N–H and O–H groups in total. The van der Waals surface area contributed by atoms with Crippen LogP contribution in [0.1, 0.15) is 32.6 Å². The van der Waals surface area contributed by atoms with Crippen molar-refractivity contribution in [1.82, 2.24) is 0 Å². The molecule has 0 aromatic heterocycles. The first-order valence-electron chi connectivity index (χ1n) is 3.71. The highest BCUT2D eigenvalue weighted by Gasteiger charge is 2.17. The van der Waals surface area contributed by atoms with E-state index in [4.69, 9.17) is 0 Å². The smallest absolute Gasteiger partial charge is 0.0345 e. The Morgan fingerprint density at radius 1 is 1.56 bits per heavy atom. The van der Waals surface area contributed by atoms with Crippen LogP contribution in [0.25, 0.3) is 0 Å². The zero-order valence-corrected chi connectivity index (χ0v) is 6.75. The zero-order chi connectivity index (χ0) is 6.69. The Balaban J connectivity index is 2.39. The van der Waals surface area contributed by atoms with Gasteiger partial charge in [0.25, 0.3) is 0 Å². The van der Waals surface area contributed by atoms with Crippen LogP contribution in [0.15, 0.2) is 0 Å². The summed E-state index contributed by atoms with van der Waals surface area (Å²) in [6.07, 6.45) is 4.78. The van der Waals surface area contributed by atoms with Crippen LogP contribution in [0, 0.1) is 0 Å². The van der Waals surface area contributed by atoms with Gasteiger partial charge in [-0.3, -0.25) is 4.21 Å². The van der Waals surface area contributed by atoms with Crippen molar-refractivity contribution >= 4 is 10.8 Å². The summed E-state index contributed by atoms with van der Waals surface area (Å²) >= 11 is 0. The van der Waals surface area contributed by atoms with Crippen molar-refractivity contribution in [2.45, 2.75) is 37.9 Å². The van der Waals surface area contributed by atoms with E-state index in [9.17, 15) is 4.21 Å². The van der Waals surface area contributed by atoms with Crippen LogP contribution in [0.4, 0.5) is 0 Å². The molecule has 0 aromatic rings. The molecule has 0 unspecified atom stereocenters. The second kappa shape index (κ2) is 3.35. The normalized spacial score (nSPS) is 36.6. The molecule has 1 rings (SSSR count). The summed E-state index contributed by atoms with van der Waals surface area (Å²) in [5.74, 6) is 0.957. The number of hydrogen-bond donors (Lipinski definition) is 0. The molecule has 1 aliphatic heterocycles. The Morgan fingerprint density at radius 3 is 2.78 bits per heavy atom. The molecule has 1 fully saturated rings. The van der Waals surface area contributed by atoms with E-state index in [1.54, 1.807) is 0 Å². The average molecular weight is 146 g/mol. The Labute approximate surface area is 59.3 Å². The van der Waals surface area contributed by atoms with Gasteiger partial charge in [0.05, 0.1) is 0 Å². The van der Waals surface area contributed by atoms with Crippen molar-refractivity contribution < 1.29 is 4.21 Å². The van der Waals surface area contributed by atoms with E-state index in [-0.39, 0.29) is 0 Å². The number of rotatable bonds is 1. The molecule has 9 heavy (non-hydrogen) atoms. The molecule has 1 nitrogen and oxygen atoms in total. The van der Waals surface area contributed by atoms with Crippen LogP contribution in [0.2, 0.25) is 0 Å². The largest absolute Gasteiger partial charge is 0.259 e. The second-order valence-corrected chi connectivity index (χ2v) is 4.45. The molecule has 1 aliphatic rings. The van der Waals surface area contributed by atoms with Gasteiger partial charge in [0.2, 0.25) is 0 Å². The molecule has 54 valence electrons. The summed E-state index contributed by atoms with van der Waals surface area (Å²) in [6.45, 7) is 2.13. The second-order valence-electron chi connectivity index (χ2n) is 2.61. The summed E-state index contributed by atoms with van der Waals surface area (Å²) in [4.78, 5) is 0. The van der Waals surface area contributed by atoms with Crippen LogP contribution in [-0.2, 0) is 10.8 Å². The Hall–Kier alpha value is 0.150. The van der Waals surface area contributed by atoms with E-state index in [1.165, 1.54) is 19.3 Å². The van der Waals surface area contributed by atoms with E-state index >= 15 is 0 Å². The fraction of sp³-hybridized carbons (Fsp3) is 1.00. The summed E-state index contributed by atoms with van der Waals surface area (Å²) in [5, 5.41) is 0.527. The lowest BCUT2D eigenvalue weighted by molar-refractivity contribution is 0.599. The van der Waals surface area contributed by atoms with Gasteiger partial charge < -0.3 is 0 Å². The van der Waals surface area contributed by atoms with Gasteiger partial charge in [-0.1, -0.05) is 13.3 Å². The van der Waals surface area contributed by atoms with Crippen LogP contribution in [0.5, 0.6) is 0 Å². The standard InChI is InChI=1S/C7H14OS/c1-2-7-5-3-4-6-9(7)8/h7H,2-6H2,1H3/t7-,9-/m0/s1. The maximum absolute atomic E-state index is 11.1. The Kier molecular flexibility index (Phi) is 2.70. The molecular formula is C7H14OS. The van der Waals surface area contributed by atoms with Crippen molar-refractivity contribution in [3.8, 4) is 0 Å². The predicted octanol–water partition coefficient (Wildman–Crippen LogP) is 1.70. The molecule has 0 aromatic carbocycles. The predicted molar refractivity (Wildman–Crippen MR) is 40.9 cm³/mol. The third kappa shape index (κ3) is 1.78. The highest BCUT2D eigenvalue weighted by atomic mass is 32.2. The summed E-state index contributed by atoms with van der Waals surface area (Å²) < 4.78 is 11.1. The molecule has 0 amide bonds. The van der Waals surface area contributed by atoms with Gasteiger partial charge in [0.1, 0.15) is 0 Å². The molecule has 0 bridgehead atoms. The molecular weight excluding hydrogens is 132 g/mol. The van der Waals surface area contributed by atoms with Gasteiger partial charge in [0, 0.05) is 21.8 Å². The van der Waals surface area contributed by atoms with Crippen LogP contribution >= 0.6 is 0 Å². The quantitative estimate of drug-likeness (QED) is 0.550. The van der Waals surface area contributed by atoms with Gasteiger partial charge in [-0.2, -0.15) is 0 Å². The third-order valence-electron chi connectivity index (χ3n) is 1.95. The fourth-order valence-corrected chi connectivity index (χ4v) is 2.93. The van der Waals surface area contributed by atoms with E-state index in [0.717, 1.165) is 12.2 Å². The Bertz CT molecular complexity index is 111. The van der Waals surface area contributed by atoms with Crippen LogP contribution in [0.3, 0.4) is 0 Å². The summed E-state index contributed by atoms with van der Waals surface area (Å²) in [5.41, 5.74) is 0. The Morgan fingerprint density at radius 2 is 2.33 bits per heavy atom. The van der Waals surface area contributed by atoms with E-state index in [2.05, 4.69) is 6.92 Å². The van der Waals surface area contributed by atoms with Gasteiger partial charge in [0.15, 0.2) is 0 Å². The lowest BCUT2D eigenvalue weighted by Gasteiger charge is -2.18. The zero-order valence-electron chi connectivity index (χ0n) is 5.93. The minimum Gasteiger partial charge on any atom is -0.259 e. The molecule has 1 heterocycles. The van der Waals surface area contributed by atoms with E-state index < -0.39 is 10.8 Å². The monoisotopic (exact) mass is 146 g/mol.